The van der Waals surface area contributed by atoms with Crippen LogP contribution in [-0.4, -0.2) is 27.2 Å². The Bertz CT molecular complexity index is 974. The summed E-state index contributed by atoms with van der Waals surface area (Å²) in [7, 11) is 0. The van der Waals surface area contributed by atoms with Gasteiger partial charge in [0.15, 0.2) is 0 Å². The predicted molar refractivity (Wildman–Crippen MR) is 119 cm³/mol. The van der Waals surface area contributed by atoms with Gasteiger partial charge in [-0.3, -0.25) is 19.2 Å². The second-order valence-electron chi connectivity index (χ2n) is 8.29. The molecular formula is C22H28Cl2N4O. The van der Waals surface area contributed by atoms with E-state index in [1.807, 2.05) is 30.5 Å². The Labute approximate surface area is 182 Å². The first kappa shape index (κ1) is 20.7. The monoisotopic (exact) mass is 434 g/mol. The van der Waals surface area contributed by atoms with Gasteiger partial charge in [0.05, 0.1) is 24.0 Å². The Morgan fingerprint density at radius 1 is 1.17 bits per heavy atom. The van der Waals surface area contributed by atoms with Crippen molar-refractivity contribution in [3.05, 3.63) is 49.9 Å². The molecule has 156 valence electrons. The number of aryl methyl sites for hydroxylation is 1. The topological polar surface area (TPSA) is 41.4 Å². The van der Waals surface area contributed by atoms with E-state index in [2.05, 4.69) is 16.7 Å². The smallest absolute Gasteiger partial charge is 0.259 e. The molecule has 0 amide bonds. The van der Waals surface area contributed by atoms with Crippen LogP contribution in [0.4, 0.5) is 11.6 Å². The number of benzene rings is 1. The molecule has 2 aliphatic rings. The summed E-state index contributed by atoms with van der Waals surface area (Å²) in [5, 5.41) is 1.16. The van der Waals surface area contributed by atoms with E-state index in [0.29, 0.717) is 47.7 Å². The summed E-state index contributed by atoms with van der Waals surface area (Å²) in [5.41, 5.74) is 2.46. The molecule has 1 aromatic heterocycles. The number of hydrogen-bond acceptors (Lipinski definition) is 4. The minimum atomic E-state index is 0.0539. The molecule has 0 bridgehead atoms. The molecule has 1 aliphatic heterocycles. The van der Waals surface area contributed by atoms with Crippen molar-refractivity contribution in [1.82, 2.24) is 14.5 Å². The zero-order valence-electron chi connectivity index (χ0n) is 17.3. The molecule has 2 atom stereocenters. The van der Waals surface area contributed by atoms with Gasteiger partial charge < -0.3 is 0 Å². The van der Waals surface area contributed by atoms with Gasteiger partial charge in [-0.2, -0.15) is 0 Å². The summed E-state index contributed by atoms with van der Waals surface area (Å²) in [6.45, 7) is 7.49. The molecule has 0 radical (unpaired) electrons. The zero-order valence-corrected chi connectivity index (χ0v) is 18.8. The summed E-state index contributed by atoms with van der Waals surface area (Å²) in [6, 6.07) is 5.94. The van der Waals surface area contributed by atoms with Gasteiger partial charge in [-0.15, -0.1) is 0 Å². The van der Waals surface area contributed by atoms with Crippen molar-refractivity contribution in [2.24, 2.45) is 5.92 Å². The van der Waals surface area contributed by atoms with Gasteiger partial charge in [0, 0.05) is 22.3 Å². The van der Waals surface area contributed by atoms with E-state index in [-0.39, 0.29) is 5.56 Å². The third-order valence-corrected chi connectivity index (χ3v) is 6.96. The van der Waals surface area contributed by atoms with E-state index < -0.39 is 0 Å². The molecule has 5 nitrogen and oxygen atoms in total. The van der Waals surface area contributed by atoms with E-state index in [4.69, 9.17) is 28.2 Å². The molecule has 2 heterocycles. The highest BCUT2D eigenvalue weighted by Gasteiger charge is 2.35. The maximum atomic E-state index is 13.3. The average molecular weight is 435 g/mol. The number of aromatic nitrogens is 2. The molecule has 1 aliphatic carbocycles. The van der Waals surface area contributed by atoms with Crippen LogP contribution in [0.3, 0.4) is 0 Å². The van der Waals surface area contributed by atoms with Crippen molar-refractivity contribution in [3.8, 4) is 0 Å². The molecule has 7 heteroatoms. The first-order valence-corrected chi connectivity index (χ1v) is 11.2. The Morgan fingerprint density at radius 2 is 1.93 bits per heavy atom. The third-order valence-electron chi connectivity index (χ3n) is 6.43. The van der Waals surface area contributed by atoms with Gasteiger partial charge in [-0.25, -0.2) is 4.98 Å². The molecule has 4 rings (SSSR count). The molecule has 0 saturated heterocycles. The highest BCUT2D eigenvalue weighted by Crippen LogP contribution is 2.37. The first-order chi connectivity index (χ1) is 13.9. The van der Waals surface area contributed by atoms with Crippen molar-refractivity contribution < 1.29 is 0 Å². The fourth-order valence-corrected chi connectivity index (χ4v) is 5.34. The number of halogens is 2. The highest BCUT2D eigenvalue weighted by molar-refractivity contribution is 6.36. The van der Waals surface area contributed by atoms with Gasteiger partial charge in [0.1, 0.15) is 0 Å². The molecule has 1 saturated carbocycles. The normalized spacial score (nSPS) is 22.6. The Balaban J connectivity index is 1.85. The number of anilines is 2. The largest absolute Gasteiger partial charge is 0.297 e. The Hall–Kier alpha value is -1.56. The van der Waals surface area contributed by atoms with Crippen LogP contribution in [0, 0.1) is 12.8 Å². The van der Waals surface area contributed by atoms with E-state index >= 15 is 0 Å². The number of hydrogen-bond donors (Lipinski definition) is 0. The Kier molecular flexibility index (Phi) is 5.92. The average Bonchev–Trinajstić information content (AvgIpc) is 2.68. The van der Waals surface area contributed by atoms with Gasteiger partial charge >= 0.3 is 0 Å². The summed E-state index contributed by atoms with van der Waals surface area (Å²) in [6.07, 6.45) is 5.60. The minimum Gasteiger partial charge on any atom is -0.297 e. The first-order valence-electron chi connectivity index (χ1n) is 10.5. The van der Waals surface area contributed by atoms with Crippen LogP contribution in [0.5, 0.6) is 0 Å². The fraction of sp³-hybridized carbons (Fsp3) is 0.545. The molecule has 2 aromatic rings. The molecule has 2 unspecified atom stereocenters. The highest BCUT2D eigenvalue weighted by atomic mass is 35.5. The van der Waals surface area contributed by atoms with E-state index in [1.165, 1.54) is 19.3 Å². The minimum absolute atomic E-state index is 0.0539. The van der Waals surface area contributed by atoms with Crippen molar-refractivity contribution >= 4 is 34.8 Å². The second-order valence-corrected chi connectivity index (χ2v) is 9.13. The zero-order chi connectivity index (χ0) is 20.7. The van der Waals surface area contributed by atoms with Crippen molar-refractivity contribution in [1.29, 1.82) is 0 Å². The number of nitrogens with zero attached hydrogens (tertiary/aromatic N) is 4. The summed E-state index contributed by atoms with van der Waals surface area (Å²) >= 11 is 12.7. The van der Waals surface area contributed by atoms with Crippen molar-refractivity contribution in [2.45, 2.75) is 65.6 Å². The second kappa shape index (κ2) is 8.29. The number of fused-ring (bicyclic) bond motifs is 1. The lowest BCUT2D eigenvalue weighted by Crippen LogP contribution is -2.53. The van der Waals surface area contributed by atoms with Crippen LogP contribution in [-0.2, 0) is 13.1 Å². The van der Waals surface area contributed by atoms with E-state index in [1.54, 1.807) is 6.07 Å². The van der Waals surface area contributed by atoms with Gasteiger partial charge in [0.25, 0.3) is 5.56 Å². The van der Waals surface area contributed by atoms with Gasteiger partial charge in [-0.1, -0.05) is 49.9 Å². The summed E-state index contributed by atoms with van der Waals surface area (Å²) in [4.78, 5) is 22.6. The molecule has 1 aromatic carbocycles. The molecule has 0 spiro atoms. The van der Waals surface area contributed by atoms with Gasteiger partial charge in [-0.05, 0) is 50.3 Å². The predicted octanol–water partition coefficient (Wildman–Crippen LogP) is 5.37. The lowest BCUT2D eigenvalue weighted by atomic mass is 9.85. The lowest BCUT2D eigenvalue weighted by molar-refractivity contribution is 0.0723. The van der Waals surface area contributed by atoms with Crippen LogP contribution < -0.4 is 10.5 Å². The Morgan fingerprint density at radius 3 is 2.62 bits per heavy atom. The third kappa shape index (κ3) is 3.80. The maximum Gasteiger partial charge on any atom is 0.259 e. The van der Waals surface area contributed by atoms with Crippen LogP contribution in [0.2, 0.25) is 10.0 Å². The standard InChI is InChI=1S/C22H28Cl2N4O/c1-4-17-15(3)25-22-27(20-10-9-16(23)11-18(20)24)12-26(13-28(22)21(17)29)19-8-6-5-7-14(19)2/h9-11,14,19H,4-8,12-13H2,1-3H3. The fourth-order valence-electron chi connectivity index (χ4n) is 4.83. The van der Waals surface area contributed by atoms with Crippen LogP contribution in [0.1, 0.15) is 50.8 Å². The van der Waals surface area contributed by atoms with Crippen LogP contribution in [0.25, 0.3) is 0 Å². The maximum absolute atomic E-state index is 13.3. The molecular weight excluding hydrogens is 407 g/mol. The van der Waals surface area contributed by atoms with Crippen molar-refractivity contribution in [3.63, 3.8) is 0 Å². The van der Waals surface area contributed by atoms with Gasteiger partial charge in [0.2, 0.25) is 5.95 Å². The molecule has 0 N–H and O–H groups in total. The molecule has 29 heavy (non-hydrogen) atoms. The summed E-state index contributed by atoms with van der Waals surface area (Å²) < 4.78 is 1.82. The lowest BCUT2D eigenvalue weighted by Gasteiger charge is -2.45. The van der Waals surface area contributed by atoms with Crippen LogP contribution >= 0.6 is 23.2 Å². The van der Waals surface area contributed by atoms with E-state index in [0.717, 1.165) is 23.4 Å². The molecule has 1 fully saturated rings. The van der Waals surface area contributed by atoms with Crippen LogP contribution in [0.15, 0.2) is 23.0 Å². The number of rotatable bonds is 3. The quantitative estimate of drug-likeness (QED) is 0.650. The summed E-state index contributed by atoms with van der Waals surface area (Å²) in [5.74, 6) is 1.27. The SMILES string of the molecule is CCc1c(C)nc2n(c1=O)CN(C1CCCCC1C)CN2c1ccc(Cl)cc1Cl. The van der Waals surface area contributed by atoms with Crippen molar-refractivity contribution in [2.75, 3.05) is 11.6 Å². The van der Waals surface area contributed by atoms with E-state index in [9.17, 15) is 4.79 Å².